The van der Waals surface area contributed by atoms with Crippen LogP contribution in [0.1, 0.15) is 44.7 Å². The number of ether oxygens (including phenoxy) is 2. The number of aromatic nitrogens is 4. The maximum Gasteiger partial charge on any atom is 0.409 e. The Morgan fingerprint density at radius 1 is 1.20 bits per heavy atom. The summed E-state index contributed by atoms with van der Waals surface area (Å²) in [5.74, 6) is 0.657. The van der Waals surface area contributed by atoms with E-state index in [-0.39, 0.29) is 30.3 Å². The minimum atomic E-state index is -1.42. The average molecular weight is 575 g/mol. The van der Waals surface area contributed by atoms with E-state index in [4.69, 9.17) is 15.2 Å². The first-order chi connectivity index (χ1) is 19.7. The van der Waals surface area contributed by atoms with Crippen molar-refractivity contribution in [1.82, 2.24) is 34.6 Å². The number of fused-ring (bicyclic) bond motifs is 1. The van der Waals surface area contributed by atoms with Crippen LogP contribution in [-0.2, 0) is 25.5 Å². The molecule has 3 amide bonds. The maximum atomic E-state index is 12.5. The molecule has 0 spiro atoms. The maximum absolute atomic E-state index is 12.5. The number of anilines is 1. The van der Waals surface area contributed by atoms with E-state index in [1.165, 1.54) is 10.9 Å². The second-order valence-corrected chi connectivity index (χ2v) is 11.1. The average Bonchev–Trinajstić information content (AvgIpc) is 3.61. The van der Waals surface area contributed by atoms with E-state index in [0.29, 0.717) is 61.9 Å². The third-order valence-electron chi connectivity index (χ3n) is 8.13. The number of hydrogen-bond acceptors (Lipinski definition) is 11. The van der Waals surface area contributed by atoms with Gasteiger partial charge in [-0.25, -0.2) is 19.7 Å². The van der Waals surface area contributed by atoms with Crippen molar-refractivity contribution < 1.29 is 34.1 Å². The molecule has 3 aliphatic rings. The Balaban J connectivity index is 1.16. The molecule has 15 heteroatoms. The van der Waals surface area contributed by atoms with Gasteiger partial charge in [-0.3, -0.25) is 14.2 Å². The topological polar surface area (TPSA) is 198 Å². The fourth-order valence-electron chi connectivity index (χ4n) is 5.75. The molecule has 0 saturated carbocycles. The summed E-state index contributed by atoms with van der Waals surface area (Å²) in [5, 5.41) is 23.6. The van der Waals surface area contributed by atoms with Crippen LogP contribution >= 0.6 is 0 Å². The van der Waals surface area contributed by atoms with Gasteiger partial charge in [0, 0.05) is 52.0 Å². The van der Waals surface area contributed by atoms with E-state index in [2.05, 4.69) is 20.3 Å². The van der Waals surface area contributed by atoms with Gasteiger partial charge in [0.15, 0.2) is 23.8 Å². The highest BCUT2D eigenvalue weighted by Crippen LogP contribution is 2.32. The lowest BCUT2D eigenvalue weighted by Gasteiger charge is -2.31. The molecule has 5 atom stereocenters. The molecule has 5 heterocycles. The fourth-order valence-corrected chi connectivity index (χ4v) is 5.75. The van der Waals surface area contributed by atoms with Gasteiger partial charge in [0.1, 0.15) is 23.5 Å². The third kappa shape index (κ3) is 6.06. The van der Waals surface area contributed by atoms with Crippen LogP contribution in [0.5, 0.6) is 0 Å². The number of nitrogens with one attached hydrogen (secondary N) is 1. The van der Waals surface area contributed by atoms with Gasteiger partial charge in [0.05, 0.1) is 12.9 Å². The molecule has 41 heavy (non-hydrogen) atoms. The monoisotopic (exact) mass is 574 g/mol. The molecule has 2 aromatic rings. The second kappa shape index (κ2) is 12.1. The molecule has 0 aromatic carbocycles. The summed E-state index contributed by atoms with van der Waals surface area (Å²) in [4.78, 5) is 53.1. The van der Waals surface area contributed by atoms with Crippen LogP contribution in [0.15, 0.2) is 6.33 Å². The third-order valence-corrected chi connectivity index (χ3v) is 8.13. The summed E-state index contributed by atoms with van der Waals surface area (Å²) in [6.45, 7) is 4.15. The van der Waals surface area contributed by atoms with Crippen molar-refractivity contribution in [2.24, 2.45) is 11.8 Å². The lowest BCUT2D eigenvalue weighted by Crippen LogP contribution is -2.42. The molecule has 5 rings (SSSR count). The lowest BCUT2D eigenvalue weighted by molar-refractivity contribution is -0.137. The molecule has 3 fully saturated rings. The molecular formula is C26H38N8O7. The van der Waals surface area contributed by atoms with Crippen molar-refractivity contribution >= 4 is 34.9 Å². The zero-order chi connectivity index (χ0) is 29.3. The van der Waals surface area contributed by atoms with Gasteiger partial charge in [0.25, 0.3) is 5.91 Å². The standard InChI is InChI=1S/C26H38N8O7/c1-3-28-24(38)21-19(36)20(37)25(41-21)34-13-29-18-22(27)30-16(31-23(18)34)5-4-14-6-8-33(9-7-14)26(39)40-12-15-10-17(35)32(2)11-15/h13-15,19-21,25,36-37H,3-12H2,1-2H3,(H,28,38)(H2,27,30,31)/t15?,19?,20?,21-,25+/m0/s1. The number of nitrogens with two attached hydrogens (primary N) is 1. The largest absolute Gasteiger partial charge is 0.449 e. The molecule has 0 aliphatic carbocycles. The molecule has 3 saturated heterocycles. The molecule has 15 nitrogen and oxygen atoms in total. The first kappa shape index (κ1) is 29.0. The molecule has 224 valence electrons. The molecule has 2 aromatic heterocycles. The van der Waals surface area contributed by atoms with E-state index in [9.17, 15) is 24.6 Å². The first-order valence-electron chi connectivity index (χ1n) is 14.1. The SMILES string of the molecule is CCNC(=O)[C@H]1O[C@@H](n2cnc3c(N)nc(CCC4CCN(C(=O)OCC5CC(=O)N(C)C5)CC4)nc32)C(O)C1O. The highest BCUT2D eigenvalue weighted by Gasteiger charge is 2.47. The number of nitrogen functional groups attached to an aromatic ring is 1. The summed E-state index contributed by atoms with van der Waals surface area (Å²) >= 11 is 0. The number of rotatable bonds is 8. The van der Waals surface area contributed by atoms with Crippen LogP contribution in [0.3, 0.4) is 0 Å². The van der Waals surface area contributed by atoms with Crippen molar-refractivity contribution in [3.63, 3.8) is 0 Å². The minimum Gasteiger partial charge on any atom is -0.449 e. The van der Waals surface area contributed by atoms with Gasteiger partial charge in [-0.05, 0) is 32.1 Å². The number of hydrogen-bond donors (Lipinski definition) is 4. The Kier molecular flexibility index (Phi) is 8.56. The number of amides is 3. The summed E-state index contributed by atoms with van der Waals surface area (Å²) in [5.41, 5.74) is 6.85. The Labute approximate surface area is 237 Å². The quantitative estimate of drug-likeness (QED) is 0.315. The second-order valence-electron chi connectivity index (χ2n) is 11.1. The van der Waals surface area contributed by atoms with E-state index in [1.807, 2.05) is 0 Å². The summed E-state index contributed by atoms with van der Waals surface area (Å²) in [6.07, 6.45) is -0.662. The fraction of sp³-hybridized carbons (Fsp3) is 0.692. The zero-order valence-electron chi connectivity index (χ0n) is 23.3. The van der Waals surface area contributed by atoms with Gasteiger partial charge < -0.3 is 40.5 Å². The van der Waals surface area contributed by atoms with Crippen molar-refractivity contribution in [2.75, 3.05) is 45.6 Å². The van der Waals surface area contributed by atoms with E-state index in [0.717, 1.165) is 19.3 Å². The van der Waals surface area contributed by atoms with Gasteiger partial charge in [0.2, 0.25) is 5.91 Å². The van der Waals surface area contributed by atoms with Crippen LogP contribution < -0.4 is 11.1 Å². The van der Waals surface area contributed by atoms with Crippen LogP contribution in [0.4, 0.5) is 10.6 Å². The predicted octanol–water partition coefficient (Wildman–Crippen LogP) is -0.577. The predicted molar refractivity (Wildman–Crippen MR) is 144 cm³/mol. The first-order valence-corrected chi connectivity index (χ1v) is 14.1. The Bertz CT molecular complexity index is 1280. The molecule has 0 radical (unpaired) electrons. The molecule has 3 unspecified atom stereocenters. The smallest absolute Gasteiger partial charge is 0.409 e. The number of aryl methyl sites for hydroxylation is 1. The van der Waals surface area contributed by atoms with Gasteiger partial charge in [-0.2, -0.15) is 0 Å². The van der Waals surface area contributed by atoms with Crippen molar-refractivity contribution in [3.8, 4) is 0 Å². The van der Waals surface area contributed by atoms with Crippen molar-refractivity contribution in [3.05, 3.63) is 12.2 Å². The number of likely N-dealkylation sites (N-methyl/N-ethyl adjacent to an activating group) is 1. The van der Waals surface area contributed by atoms with Crippen LogP contribution in [0.25, 0.3) is 11.2 Å². The number of likely N-dealkylation sites (tertiary alicyclic amines) is 2. The van der Waals surface area contributed by atoms with Crippen LogP contribution in [-0.4, -0.2) is 116 Å². The zero-order valence-corrected chi connectivity index (χ0v) is 23.3. The molecule has 0 bridgehead atoms. The van der Waals surface area contributed by atoms with Crippen LogP contribution in [0.2, 0.25) is 0 Å². The normalized spacial score (nSPS) is 27.1. The molecule has 3 aliphatic heterocycles. The van der Waals surface area contributed by atoms with E-state index in [1.54, 1.807) is 23.8 Å². The van der Waals surface area contributed by atoms with Gasteiger partial charge >= 0.3 is 6.09 Å². The highest BCUT2D eigenvalue weighted by atomic mass is 16.6. The van der Waals surface area contributed by atoms with Gasteiger partial charge in [-0.15, -0.1) is 0 Å². The Hall–Kier alpha value is -3.56. The number of nitrogens with zero attached hydrogens (tertiary/aromatic N) is 6. The van der Waals surface area contributed by atoms with Crippen molar-refractivity contribution in [2.45, 2.75) is 63.6 Å². The van der Waals surface area contributed by atoms with Crippen molar-refractivity contribution in [1.29, 1.82) is 0 Å². The Morgan fingerprint density at radius 3 is 2.63 bits per heavy atom. The minimum absolute atomic E-state index is 0.0469. The summed E-state index contributed by atoms with van der Waals surface area (Å²) in [7, 11) is 1.76. The highest BCUT2D eigenvalue weighted by molar-refractivity contribution is 5.83. The lowest BCUT2D eigenvalue weighted by atomic mass is 9.92. The number of imidazole rings is 1. The number of carbonyl (C=O) groups excluding carboxylic acids is 3. The number of aliphatic hydroxyl groups is 2. The van der Waals surface area contributed by atoms with Crippen LogP contribution in [0, 0.1) is 11.8 Å². The molecule has 5 N–H and O–H groups in total. The number of aliphatic hydroxyl groups excluding tert-OH is 2. The molecular weight excluding hydrogens is 536 g/mol. The number of carbonyl (C=O) groups is 3. The Morgan fingerprint density at radius 2 is 1.95 bits per heavy atom. The van der Waals surface area contributed by atoms with Gasteiger partial charge in [-0.1, -0.05) is 0 Å². The summed E-state index contributed by atoms with van der Waals surface area (Å²) < 4.78 is 12.7. The van der Waals surface area contributed by atoms with E-state index < -0.39 is 30.4 Å². The summed E-state index contributed by atoms with van der Waals surface area (Å²) in [6, 6.07) is 0. The number of piperidine rings is 1. The van der Waals surface area contributed by atoms with E-state index >= 15 is 0 Å².